The number of hydrogen-bond acceptors (Lipinski definition) is 5. The molecular weight excluding hydrogens is 252 g/mol. The zero-order chi connectivity index (χ0) is 12.9. The molecule has 5 heteroatoms. The molecule has 1 N–H and O–H groups in total. The molecule has 0 unspecified atom stereocenters. The summed E-state index contributed by atoms with van der Waals surface area (Å²) in [6, 6.07) is 0. The summed E-state index contributed by atoms with van der Waals surface area (Å²) in [6.07, 6.45) is 0. The first-order valence-corrected chi connectivity index (χ1v) is 7.51. The van der Waals surface area contributed by atoms with Gasteiger partial charge in [0.1, 0.15) is 5.01 Å². The van der Waals surface area contributed by atoms with E-state index in [0.717, 1.165) is 18.0 Å². The fourth-order valence-electron chi connectivity index (χ4n) is 1.32. The highest BCUT2D eigenvalue weighted by molar-refractivity contribution is 7.99. The summed E-state index contributed by atoms with van der Waals surface area (Å²) in [7, 11) is 3.67. The van der Waals surface area contributed by atoms with Crippen molar-refractivity contribution >= 4 is 23.1 Å². The minimum absolute atomic E-state index is 0.288. The molecule has 1 heterocycles. The van der Waals surface area contributed by atoms with Crippen LogP contribution in [0.1, 0.15) is 36.3 Å². The quantitative estimate of drug-likeness (QED) is 0.864. The summed E-state index contributed by atoms with van der Waals surface area (Å²) >= 11 is 3.72. The van der Waals surface area contributed by atoms with Crippen LogP contribution in [0, 0.1) is 0 Å². The molecule has 17 heavy (non-hydrogen) atoms. The van der Waals surface area contributed by atoms with Crippen LogP contribution in [0.2, 0.25) is 0 Å². The first-order chi connectivity index (χ1) is 7.96. The number of thiazole rings is 1. The molecule has 0 atom stereocenters. The first-order valence-electron chi connectivity index (χ1n) is 5.71. The van der Waals surface area contributed by atoms with E-state index < -0.39 is 0 Å². The molecule has 0 aliphatic rings. The highest BCUT2D eigenvalue weighted by atomic mass is 32.2. The van der Waals surface area contributed by atoms with Crippen molar-refractivity contribution in [2.45, 2.75) is 44.4 Å². The average molecular weight is 274 g/mol. The highest BCUT2D eigenvalue weighted by Gasteiger charge is 2.15. The Balaban J connectivity index is 2.69. The SMILES string of the molecule is CNCc1sc(CSC(C)(C)C)nc1COC. The van der Waals surface area contributed by atoms with E-state index in [1.54, 1.807) is 18.4 Å². The maximum absolute atomic E-state index is 5.18. The summed E-state index contributed by atoms with van der Waals surface area (Å²) in [5, 5.41) is 4.37. The molecule has 0 aromatic carbocycles. The molecule has 0 aliphatic heterocycles. The van der Waals surface area contributed by atoms with Crippen LogP contribution in [-0.4, -0.2) is 23.9 Å². The molecule has 1 aromatic rings. The van der Waals surface area contributed by atoms with Crippen molar-refractivity contribution in [2.24, 2.45) is 0 Å². The lowest BCUT2D eigenvalue weighted by Gasteiger charge is -2.16. The van der Waals surface area contributed by atoms with Crippen LogP contribution in [0.5, 0.6) is 0 Å². The van der Waals surface area contributed by atoms with Gasteiger partial charge in [0.15, 0.2) is 0 Å². The predicted molar refractivity (Wildman–Crippen MR) is 76.6 cm³/mol. The third-order valence-electron chi connectivity index (χ3n) is 2.07. The van der Waals surface area contributed by atoms with E-state index in [1.165, 1.54) is 9.88 Å². The lowest BCUT2D eigenvalue weighted by atomic mass is 10.3. The number of thioether (sulfide) groups is 1. The highest BCUT2D eigenvalue weighted by Crippen LogP contribution is 2.30. The molecule has 0 saturated heterocycles. The second-order valence-corrected chi connectivity index (χ2v) is 7.81. The standard InChI is InChI=1S/C12H22N2OS2/c1-12(2,3)16-8-11-14-9(7-15-5)10(17-11)6-13-4/h13H,6-8H2,1-5H3. The second-order valence-electron chi connectivity index (χ2n) is 4.84. The van der Waals surface area contributed by atoms with Crippen LogP contribution in [0.3, 0.4) is 0 Å². The Kier molecular flexibility index (Phi) is 5.92. The number of methoxy groups -OCH3 is 1. The molecule has 1 rings (SSSR count). The molecule has 1 aromatic heterocycles. The van der Waals surface area contributed by atoms with Gasteiger partial charge in [-0.05, 0) is 7.05 Å². The second kappa shape index (κ2) is 6.73. The van der Waals surface area contributed by atoms with Gasteiger partial charge in [-0.25, -0.2) is 4.98 Å². The number of hydrogen-bond donors (Lipinski definition) is 1. The van der Waals surface area contributed by atoms with Gasteiger partial charge in [-0.3, -0.25) is 0 Å². The zero-order valence-corrected chi connectivity index (χ0v) is 12.9. The van der Waals surface area contributed by atoms with Gasteiger partial charge in [-0.15, -0.1) is 23.1 Å². The van der Waals surface area contributed by atoms with Crippen molar-refractivity contribution in [3.8, 4) is 0 Å². The maximum Gasteiger partial charge on any atom is 0.103 e. The summed E-state index contributed by atoms with van der Waals surface area (Å²) in [5.74, 6) is 0.981. The Morgan fingerprint density at radius 2 is 2.12 bits per heavy atom. The van der Waals surface area contributed by atoms with Gasteiger partial charge in [0.2, 0.25) is 0 Å². The van der Waals surface area contributed by atoms with Crippen molar-refractivity contribution in [3.63, 3.8) is 0 Å². The van der Waals surface area contributed by atoms with Gasteiger partial charge in [0.25, 0.3) is 0 Å². The van der Waals surface area contributed by atoms with Crippen LogP contribution in [-0.2, 0) is 23.6 Å². The fraction of sp³-hybridized carbons (Fsp3) is 0.750. The minimum atomic E-state index is 0.288. The van der Waals surface area contributed by atoms with Crippen LogP contribution in [0.15, 0.2) is 0 Å². The van der Waals surface area contributed by atoms with Crippen LogP contribution in [0.25, 0.3) is 0 Å². The van der Waals surface area contributed by atoms with Gasteiger partial charge < -0.3 is 10.1 Å². The molecular formula is C12H22N2OS2. The molecule has 0 bridgehead atoms. The van der Waals surface area contributed by atoms with Crippen LogP contribution in [0.4, 0.5) is 0 Å². The molecule has 3 nitrogen and oxygen atoms in total. The van der Waals surface area contributed by atoms with Gasteiger partial charge in [0, 0.05) is 29.0 Å². The number of aromatic nitrogens is 1. The Labute approximate surface area is 112 Å². The molecule has 0 spiro atoms. The number of nitrogens with zero attached hydrogens (tertiary/aromatic N) is 1. The van der Waals surface area contributed by atoms with Crippen molar-refractivity contribution in [3.05, 3.63) is 15.6 Å². The van der Waals surface area contributed by atoms with Crippen LogP contribution < -0.4 is 5.32 Å². The smallest absolute Gasteiger partial charge is 0.103 e. The van der Waals surface area contributed by atoms with E-state index in [9.17, 15) is 0 Å². The van der Waals surface area contributed by atoms with Crippen molar-refractivity contribution in [2.75, 3.05) is 14.2 Å². The summed E-state index contributed by atoms with van der Waals surface area (Å²) in [6.45, 7) is 8.17. The largest absolute Gasteiger partial charge is 0.378 e. The third kappa shape index (κ3) is 5.38. The Morgan fingerprint density at radius 3 is 2.65 bits per heavy atom. The Bertz CT molecular complexity index is 321. The van der Waals surface area contributed by atoms with Gasteiger partial charge >= 0.3 is 0 Å². The third-order valence-corrected chi connectivity index (χ3v) is 4.63. The van der Waals surface area contributed by atoms with Crippen molar-refractivity contribution in [1.82, 2.24) is 10.3 Å². The Hall–Kier alpha value is -0.100. The normalized spacial score (nSPS) is 12.1. The fourth-order valence-corrected chi connectivity index (χ4v) is 3.24. The van der Waals surface area contributed by atoms with Crippen LogP contribution >= 0.6 is 23.1 Å². The number of nitrogens with one attached hydrogen (secondary N) is 1. The molecule has 98 valence electrons. The molecule has 0 aliphatic carbocycles. The summed E-state index contributed by atoms with van der Waals surface area (Å²) < 4.78 is 5.47. The maximum atomic E-state index is 5.18. The average Bonchev–Trinajstić information content (AvgIpc) is 2.59. The van der Waals surface area contributed by atoms with E-state index in [2.05, 4.69) is 31.1 Å². The number of ether oxygens (including phenoxy) is 1. The minimum Gasteiger partial charge on any atom is -0.378 e. The van der Waals surface area contributed by atoms with E-state index in [-0.39, 0.29) is 4.75 Å². The zero-order valence-electron chi connectivity index (χ0n) is 11.3. The van der Waals surface area contributed by atoms with Gasteiger partial charge in [-0.1, -0.05) is 20.8 Å². The van der Waals surface area contributed by atoms with Crippen molar-refractivity contribution < 1.29 is 4.74 Å². The first kappa shape index (κ1) is 15.0. The van der Waals surface area contributed by atoms with E-state index in [0.29, 0.717) is 6.61 Å². The molecule has 0 amide bonds. The van der Waals surface area contributed by atoms with Gasteiger partial charge in [-0.2, -0.15) is 0 Å². The van der Waals surface area contributed by atoms with E-state index in [4.69, 9.17) is 4.74 Å². The molecule has 0 fully saturated rings. The topological polar surface area (TPSA) is 34.2 Å². The lowest BCUT2D eigenvalue weighted by molar-refractivity contribution is 0.181. The summed E-state index contributed by atoms with van der Waals surface area (Å²) in [5.41, 5.74) is 1.08. The summed E-state index contributed by atoms with van der Waals surface area (Å²) in [4.78, 5) is 5.94. The number of rotatable bonds is 6. The van der Waals surface area contributed by atoms with E-state index in [1.807, 2.05) is 18.8 Å². The molecule has 0 saturated carbocycles. The van der Waals surface area contributed by atoms with Crippen molar-refractivity contribution in [1.29, 1.82) is 0 Å². The monoisotopic (exact) mass is 274 g/mol. The lowest BCUT2D eigenvalue weighted by Crippen LogP contribution is -2.07. The van der Waals surface area contributed by atoms with E-state index >= 15 is 0 Å². The predicted octanol–water partition coefficient (Wildman–Crippen LogP) is 3.04. The van der Waals surface area contributed by atoms with Gasteiger partial charge in [0.05, 0.1) is 12.3 Å². The molecule has 0 radical (unpaired) electrons. The Morgan fingerprint density at radius 1 is 1.41 bits per heavy atom.